The first-order valence-corrected chi connectivity index (χ1v) is 14.5. The van der Waals surface area contributed by atoms with E-state index in [9.17, 15) is 0 Å². The van der Waals surface area contributed by atoms with Gasteiger partial charge < -0.3 is 0 Å². The zero-order valence-electron chi connectivity index (χ0n) is 23.0. The van der Waals surface area contributed by atoms with Gasteiger partial charge in [-0.1, -0.05) is 93.2 Å². The van der Waals surface area contributed by atoms with Crippen LogP contribution in [0.25, 0.3) is 0 Å². The molecule has 4 unspecified atom stereocenters. The summed E-state index contributed by atoms with van der Waals surface area (Å²) >= 11 is 0. The van der Waals surface area contributed by atoms with Crippen LogP contribution in [0.5, 0.6) is 0 Å². The summed E-state index contributed by atoms with van der Waals surface area (Å²) in [5.41, 5.74) is 3.10. The lowest BCUT2D eigenvalue weighted by Crippen LogP contribution is -2.49. The third kappa shape index (κ3) is 5.46. The topological polar surface area (TPSA) is 0 Å². The molecule has 0 radical (unpaired) electrons. The van der Waals surface area contributed by atoms with Crippen molar-refractivity contribution in [3.63, 3.8) is 0 Å². The third-order valence-corrected chi connectivity index (χ3v) is 10.1. The van der Waals surface area contributed by atoms with Crippen molar-refractivity contribution < 1.29 is 0 Å². The van der Waals surface area contributed by atoms with Crippen molar-refractivity contribution in [1.29, 1.82) is 0 Å². The molecule has 0 amide bonds. The smallest absolute Gasteiger partial charge is 0.00851 e. The van der Waals surface area contributed by atoms with Crippen LogP contribution in [0.15, 0.2) is 11.6 Å². The average Bonchev–Trinajstić information content (AvgIpc) is 3.11. The molecule has 3 fully saturated rings. The quantitative estimate of drug-likeness (QED) is 0.300. The zero-order valence-corrected chi connectivity index (χ0v) is 23.0. The molecule has 0 aromatic carbocycles. The van der Waals surface area contributed by atoms with Crippen LogP contribution in [-0.2, 0) is 0 Å². The number of rotatable bonds is 5. The maximum atomic E-state index is 2.75. The Balaban J connectivity index is 0.000000807. The van der Waals surface area contributed by atoms with Crippen LogP contribution in [-0.4, -0.2) is 0 Å². The molecule has 4 aliphatic rings. The number of allylic oxidation sites excluding steroid dienone is 2. The standard InChI is InChI=1S/C27H46.2C2H6/c1-19(2)8-6-7-9-21-11-13-24-23-12-10-22-18-20(3)14-16-27(22,5)25(23)15-17-26(21,24)4;2*1-2/h10,19-21,23-25H,6-9,11-18H2,1-5H3;2*1-2H3/t20?,21-,23-,24?,25?,26+,27?;;/m0../s1. The van der Waals surface area contributed by atoms with Gasteiger partial charge >= 0.3 is 0 Å². The molecule has 0 N–H and O–H groups in total. The first kappa shape index (κ1) is 27.0. The van der Waals surface area contributed by atoms with Crippen molar-refractivity contribution in [1.82, 2.24) is 0 Å². The number of fused-ring (bicyclic) bond motifs is 5. The Hall–Kier alpha value is -0.260. The molecule has 7 atom stereocenters. The summed E-state index contributed by atoms with van der Waals surface area (Å²) in [6, 6.07) is 0. The van der Waals surface area contributed by atoms with Crippen molar-refractivity contribution in [3.8, 4) is 0 Å². The summed E-state index contributed by atoms with van der Waals surface area (Å²) in [7, 11) is 0. The molecule has 0 heterocycles. The lowest BCUT2D eigenvalue weighted by atomic mass is 9.47. The molecule has 31 heavy (non-hydrogen) atoms. The molecule has 3 saturated carbocycles. The zero-order chi connectivity index (χ0) is 23.2. The van der Waals surface area contributed by atoms with E-state index >= 15 is 0 Å². The first-order valence-electron chi connectivity index (χ1n) is 14.5. The van der Waals surface area contributed by atoms with E-state index in [0.717, 1.165) is 35.5 Å². The van der Waals surface area contributed by atoms with Crippen molar-refractivity contribution in [2.45, 2.75) is 139 Å². The summed E-state index contributed by atoms with van der Waals surface area (Å²) in [5, 5.41) is 0. The van der Waals surface area contributed by atoms with Crippen LogP contribution in [0.4, 0.5) is 0 Å². The van der Waals surface area contributed by atoms with Gasteiger partial charge in [-0.15, -0.1) is 0 Å². The van der Waals surface area contributed by atoms with Crippen LogP contribution in [0.1, 0.15) is 139 Å². The van der Waals surface area contributed by atoms with E-state index in [1.807, 2.05) is 33.3 Å². The molecule has 0 nitrogen and oxygen atoms in total. The molecular weight excluding hydrogens is 372 g/mol. The highest BCUT2D eigenvalue weighted by Gasteiger charge is 2.58. The van der Waals surface area contributed by atoms with Gasteiger partial charge in [0, 0.05) is 0 Å². The fourth-order valence-electron chi connectivity index (χ4n) is 8.37. The molecule has 0 aliphatic heterocycles. The minimum Gasteiger partial charge on any atom is -0.0845 e. The summed E-state index contributed by atoms with van der Waals surface area (Å²) in [5.74, 6) is 5.88. The number of hydrogen-bond acceptors (Lipinski definition) is 0. The van der Waals surface area contributed by atoms with Crippen LogP contribution < -0.4 is 0 Å². The molecule has 0 bridgehead atoms. The highest BCUT2D eigenvalue weighted by Crippen LogP contribution is 2.67. The Morgan fingerprint density at radius 3 is 2.29 bits per heavy atom. The predicted molar refractivity (Wildman–Crippen MR) is 140 cm³/mol. The Kier molecular flexibility index (Phi) is 10.2. The highest BCUT2D eigenvalue weighted by molar-refractivity contribution is 5.24. The van der Waals surface area contributed by atoms with E-state index in [-0.39, 0.29) is 0 Å². The van der Waals surface area contributed by atoms with Crippen molar-refractivity contribution in [2.75, 3.05) is 0 Å². The van der Waals surface area contributed by atoms with Crippen molar-refractivity contribution >= 4 is 0 Å². The largest absolute Gasteiger partial charge is 0.0845 e. The normalized spacial score (nSPS) is 41.0. The molecule has 0 heteroatoms. The van der Waals surface area contributed by atoms with E-state index in [2.05, 4.69) is 40.7 Å². The maximum Gasteiger partial charge on any atom is -0.00851 e. The molecule has 0 aromatic rings. The van der Waals surface area contributed by atoms with E-state index in [1.54, 1.807) is 6.42 Å². The van der Waals surface area contributed by atoms with Crippen molar-refractivity contribution in [2.24, 2.45) is 46.3 Å². The van der Waals surface area contributed by atoms with Gasteiger partial charge in [-0.05, 0) is 104 Å². The Labute approximate surface area is 197 Å². The average molecular weight is 431 g/mol. The minimum absolute atomic E-state index is 0.562. The van der Waals surface area contributed by atoms with Crippen LogP contribution in [0.2, 0.25) is 0 Å². The van der Waals surface area contributed by atoms with E-state index in [1.165, 1.54) is 70.6 Å². The molecule has 0 spiro atoms. The Morgan fingerprint density at radius 2 is 1.61 bits per heavy atom. The second-order valence-corrected chi connectivity index (χ2v) is 12.1. The third-order valence-electron chi connectivity index (χ3n) is 10.1. The van der Waals surface area contributed by atoms with Gasteiger partial charge in [0.2, 0.25) is 0 Å². The number of hydrogen-bond donors (Lipinski definition) is 0. The van der Waals surface area contributed by atoms with Gasteiger partial charge in [-0.25, -0.2) is 0 Å². The molecule has 182 valence electrons. The summed E-state index contributed by atoms with van der Waals surface area (Å²) in [4.78, 5) is 0. The molecule has 4 rings (SSSR count). The maximum absolute atomic E-state index is 2.75. The van der Waals surface area contributed by atoms with Gasteiger partial charge in [0.25, 0.3) is 0 Å². The lowest BCUT2D eigenvalue weighted by molar-refractivity contribution is -0.0450. The van der Waals surface area contributed by atoms with Gasteiger partial charge in [-0.2, -0.15) is 0 Å². The van der Waals surface area contributed by atoms with Crippen LogP contribution in [0.3, 0.4) is 0 Å². The fourth-order valence-corrected chi connectivity index (χ4v) is 8.37. The molecule has 0 aromatic heterocycles. The van der Waals surface area contributed by atoms with E-state index in [4.69, 9.17) is 0 Å². The van der Waals surface area contributed by atoms with Crippen LogP contribution in [0, 0.1) is 46.3 Å². The highest BCUT2D eigenvalue weighted by atomic mass is 14.6. The Bertz CT molecular complexity index is 556. The van der Waals surface area contributed by atoms with Gasteiger partial charge in [-0.3, -0.25) is 0 Å². The molecule has 4 aliphatic carbocycles. The summed E-state index contributed by atoms with van der Waals surface area (Å²) < 4.78 is 0. The van der Waals surface area contributed by atoms with Crippen LogP contribution >= 0.6 is 0 Å². The Morgan fingerprint density at radius 1 is 0.903 bits per heavy atom. The molecular formula is C31H58. The van der Waals surface area contributed by atoms with Gasteiger partial charge in [0.1, 0.15) is 0 Å². The van der Waals surface area contributed by atoms with Gasteiger partial charge in [0.15, 0.2) is 0 Å². The lowest BCUT2D eigenvalue weighted by Gasteiger charge is -2.58. The first-order chi connectivity index (χ1) is 14.8. The molecule has 0 saturated heterocycles. The monoisotopic (exact) mass is 430 g/mol. The fraction of sp³-hybridized carbons (Fsp3) is 0.935. The second-order valence-electron chi connectivity index (χ2n) is 12.1. The summed E-state index contributed by atoms with van der Waals surface area (Å²) in [6.45, 7) is 20.6. The second kappa shape index (κ2) is 11.7. The predicted octanol–water partition coefficient (Wildman–Crippen LogP) is 10.5. The van der Waals surface area contributed by atoms with Gasteiger partial charge in [0.05, 0.1) is 0 Å². The minimum atomic E-state index is 0.562. The summed E-state index contributed by atoms with van der Waals surface area (Å²) in [6.07, 6.45) is 20.6. The number of unbranched alkanes of at least 4 members (excludes halogenated alkanes) is 1. The van der Waals surface area contributed by atoms with Crippen molar-refractivity contribution in [3.05, 3.63) is 11.6 Å². The SMILES string of the molecule is CC.CC.CC(C)CCCC[C@H]1CCC2[C@@H]3CC=C4CC(C)CCC4(C)C3CC[C@@]21C. The van der Waals surface area contributed by atoms with E-state index in [0.29, 0.717) is 10.8 Å². The van der Waals surface area contributed by atoms with E-state index < -0.39 is 0 Å².